The summed E-state index contributed by atoms with van der Waals surface area (Å²) in [5.41, 5.74) is 8.06. The first-order valence-electron chi connectivity index (χ1n) is 15.5. The molecule has 5 aromatic rings. The number of ether oxygens (including phenoxy) is 1. The summed E-state index contributed by atoms with van der Waals surface area (Å²) in [6, 6.07) is 22.0. The van der Waals surface area contributed by atoms with Crippen molar-refractivity contribution in [1.82, 2.24) is 8.75 Å². The smallest absolute Gasteiger partial charge is 0.362 e. The van der Waals surface area contributed by atoms with Crippen molar-refractivity contribution in [1.29, 1.82) is 0 Å². The normalized spacial score (nSPS) is 13.6. The summed E-state index contributed by atoms with van der Waals surface area (Å²) >= 11 is 2.89. The highest BCUT2D eigenvalue weighted by atomic mass is 32.2. The van der Waals surface area contributed by atoms with Gasteiger partial charge in [-0.05, 0) is 60.6 Å². The zero-order chi connectivity index (χ0) is 33.7. The average molecular weight is 697 g/mol. The number of hydrogen-bond acceptors (Lipinski definition) is 9. The van der Waals surface area contributed by atoms with E-state index >= 15 is 0 Å². The summed E-state index contributed by atoms with van der Waals surface area (Å²) in [6.45, 7) is 2.22. The number of hydrogen-bond donors (Lipinski definition) is 0. The molecular weight excluding hydrogens is 661 g/mol. The molecular formula is C37H36N4O4S3. The molecule has 2 aromatic heterocycles. The number of benzene rings is 3. The number of nitrogens with zero attached hydrogens (tertiary/aromatic N) is 4. The van der Waals surface area contributed by atoms with Crippen molar-refractivity contribution < 1.29 is 17.3 Å². The SMILES string of the molecule is CCCOS(=O)(=O)N1CC=C(/C=C/c2ccc(/C=C/c3ccc(/C=C/c4ccc(N(C)C)cc4OC)s3)c3nsnc23)c2ccccc21. The van der Waals surface area contributed by atoms with E-state index in [0.29, 0.717) is 12.1 Å². The van der Waals surface area contributed by atoms with Crippen molar-refractivity contribution in [3.8, 4) is 5.75 Å². The van der Waals surface area contributed by atoms with Crippen LogP contribution in [-0.4, -0.2) is 51.5 Å². The van der Waals surface area contributed by atoms with Gasteiger partial charge in [0.2, 0.25) is 0 Å². The van der Waals surface area contributed by atoms with E-state index in [-0.39, 0.29) is 13.2 Å². The molecule has 0 radical (unpaired) electrons. The molecule has 6 rings (SSSR count). The third kappa shape index (κ3) is 7.29. The predicted molar refractivity (Wildman–Crippen MR) is 203 cm³/mol. The Balaban J connectivity index is 1.18. The second kappa shape index (κ2) is 14.7. The van der Waals surface area contributed by atoms with Gasteiger partial charge >= 0.3 is 10.3 Å². The summed E-state index contributed by atoms with van der Waals surface area (Å²) in [7, 11) is 1.83. The molecule has 0 unspecified atom stereocenters. The van der Waals surface area contributed by atoms with Crippen LogP contribution in [0.2, 0.25) is 0 Å². The number of methoxy groups -OCH3 is 1. The fraction of sp³-hybridized carbons (Fsp3) is 0.189. The molecule has 0 atom stereocenters. The van der Waals surface area contributed by atoms with Crippen molar-refractivity contribution in [2.24, 2.45) is 0 Å². The van der Waals surface area contributed by atoms with E-state index in [9.17, 15) is 8.42 Å². The van der Waals surface area contributed by atoms with E-state index in [1.54, 1.807) is 24.5 Å². The Morgan fingerprint density at radius 3 is 2.17 bits per heavy atom. The predicted octanol–water partition coefficient (Wildman–Crippen LogP) is 8.76. The molecule has 48 heavy (non-hydrogen) atoms. The highest BCUT2D eigenvalue weighted by Gasteiger charge is 2.28. The van der Waals surface area contributed by atoms with Crippen LogP contribution in [0.25, 0.3) is 47.0 Å². The first-order chi connectivity index (χ1) is 23.3. The van der Waals surface area contributed by atoms with E-state index < -0.39 is 10.3 Å². The quantitative estimate of drug-likeness (QED) is 0.129. The Hall–Kier alpha value is -4.55. The van der Waals surface area contributed by atoms with Crippen LogP contribution in [0.1, 0.15) is 45.4 Å². The van der Waals surface area contributed by atoms with Crippen LogP contribution in [0.4, 0.5) is 11.4 Å². The van der Waals surface area contributed by atoms with Crippen LogP contribution in [0.5, 0.6) is 5.75 Å². The van der Waals surface area contributed by atoms with Crippen molar-refractivity contribution in [3.05, 3.63) is 111 Å². The second-order valence-corrected chi connectivity index (χ2v) is 14.5. The largest absolute Gasteiger partial charge is 0.496 e. The molecule has 11 heteroatoms. The highest BCUT2D eigenvalue weighted by molar-refractivity contribution is 7.88. The van der Waals surface area contributed by atoms with Crippen LogP contribution < -0.4 is 13.9 Å². The minimum Gasteiger partial charge on any atom is -0.496 e. The molecule has 0 saturated carbocycles. The van der Waals surface area contributed by atoms with E-state index in [1.165, 1.54) is 16.0 Å². The lowest BCUT2D eigenvalue weighted by atomic mass is 9.98. The van der Waals surface area contributed by atoms with Crippen molar-refractivity contribution >= 4 is 91.7 Å². The molecule has 246 valence electrons. The number of fused-ring (bicyclic) bond motifs is 2. The molecule has 0 amide bonds. The second-order valence-electron chi connectivity index (χ2n) is 11.3. The molecule has 0 spiro atoms. The summed E-state index contributed by atoms with van der Waals surface area (Å²) in [6.07, 6.45) is 14.9. The summed E-state index contributed by atoms with van der Waals surface area (Å²) in [4.78, 5) is 4.32. The Labute approximate surface area is 290 Å². The Morgan fingerprint density at radius 2 is 1.50 bits per heavy atom. The lowest BCUT2D eigenvalue weighted by molar-refractivity contribution is 0.316. The van der Waals surface area contributed by atoms with Crippen molar-refractivity contribution in [2.45, 2.75) is 13.3 Å². The van der Waals surface area contributed by atoms with Gasteiger partial charge in [-0.15, -0.1) is 11.3 Å². The fourth-order valence-electron chi connectivity index (χ4n) is 5.31. The Kier molecular flexibility index (Phi) is 10.2. The molecule has 3 heterocycles. The topological polar surface area (TPSA) is 84.9 Å². The maximum atomic E-state index is 12.8. The molecule has 8 nitrogen and oxygen atoms in total. The van der Waals surface area contributed by atoms with Gasteiger partial charge in [0.25, 0.3) is 0 Å². The number of allylic oxidation sites excluding steroid dienone is 2. The lowest BCUT2D eigenvalue weighted by Crippen LogP contribution is -2.35. The van der Waals surface area contributed by atoms with Crippen LogP contribution in [0.15, 0.2) is 78.9 Å². The van der Waals surface area contributed by atoms with Gasteiger partial charge in [-0.25, -0.2) is 4.31 Å². The Bertz CT molecular complexity index is 2160. The van der Waals surface area contributed by atoms with Crippen molar-refractivity contribution in [2.75, 3.05) is 43.6 Å². The standard InChI is InChI=1S/C37H36N4O4S3/c1-5-24-45-48(42,43)41-23-22-26(33-8-6-7-9-34(33)41)10-11-28-12-13-29(37-36(28)38-47-39-37)16-19-32-21-20-31(46-32)18-15-27-14-17-30(40(2)3)25-35(27)44-4/h6-22,25H,5,23-24H2,1-4H3/b11-10+,18-15+,19-16+. The van der Waals surface area contributed by atoms with Gasteiger partial charge in [-0.2, -0.15) is 17.2 Å². The molecule has 0 bridgehead atoms. The van der Waals surface area contributed by atoms with E-state index in [1.807, 2.05) is 69.6 Å². The fourth-order valence-corrected chi connectivity index (χ4v) is 7.87. The molecule has 1 aliphatic rings. The Morgan fingerprint density at radius 1 is 0.854 bits per heavy atom. The summed E-state index contributed by atoms with van der Waals surface area (Å²) < 4.78 is 47.0. The monoisotopic (exact) mass is 696 g/mol. The van der Waals surface area contributed by atoms with Crippen molar-refractivity contribution in [3.63, 3.8) is 0 Å². The maximum absolute atomic E-state index is 12.8. The van der Waals surface area contributed by atoms with E-state index in [2.05, 4.69) is 68.3 Å². The van der Waals surface area contributed by atoms with Gasteiger partial charge in [-0.3, -0.25) is 4.18 Å². The van der Waals surface area contributed by atoms with Crippen LogP contribution in [0.3, 0.4) is 0 Å². The van der Waals surface area contributed by atoms with Gasteiger partial charge < -0.3 is 9.64 Å². The average Bonchev–Trinajstić information content (AvgIpc) is 3.78. The number of para-hydroxylation sites is 1. The molecule has 0 aliphatic carbocycles. The first kappa shape index (κ1) is 33.4. The molecule has 1 aliphatic heterocycles. The summed E-state index contributed by atoms with van der Waals surface area (Å²) in [5, 5.41) is 0. The molecule has 3 aromatic carbocycles. The third-order valence-corrected chi connectivity index (χ3v) is 10.7. The number of anilines is 2. The maximum Gasteiger partial charge on any atom is 0.362 e. The van der Waals surface area contributed by atoms with Crippen LogP contribution in [0, 0.1) is 0 Å². The van der Waals surface area contributed by atoms with Gasteiger partial charge in [0, 0.05) is 57.9 Å². The third-order valence-electron chi connectivity index (χ3n) is 7.82. The zero-order valence-electron chi connectivity index (χ0n) is 27.2. The van der Waals surface area contributed by atoms with Gasteiger partial charge in [0.1, 0.15) is 16.8 Å². The van der Waals surface area contributed by atoms with Gasteiger partial charge in [0.15, 0.2) is 0 Å². The first-order valence-corrected chi connectivity index (χ1v) is 18.4. The highest BCUT2D eigenvalue weighted by Crippen LogP contribution is 2.35. The number of thiophene rings is 1. The molecule has 0 fully saturated rings. The van der Waals surface area contributed by atoms with E-state index in [0.717, 1.165) is 60.1 Å². The lowest BCUT2D eigenvalue weighted by Gasteiger charge is -2.28. The van der Waals surface area contributed by atoms with Crippen LogP contribution >= 0.6 is 23.1 Å². The minimum atomic E-state index is -3.89. The van der Waals surface area contributed by atoms with Crippen LogP contribution in [-0.2, 0) is 14.5 Å². The van der Waals surface area contributed by atoms with Gasteiger partial charge in [-0.1, -0.05) is 61.6 Å². The summed E-state index contributed by atoms with van der Waals surface area (Å²) in [5.74, 6) is 0.837. The number of aromatic nitrogens is 2. The zero-order valence-corrected chi connectivity index (χ0v) is 29.6. The minimum absolute atomic E-state index is 0.148. The molecule has 0 N–H and O–H groups in total. The molecule has 0 saturated heterocycles. The van der Waals surface area contributed by atoms with Gasteiger partial charge in [0.05, 0.1) is 37.7 Å². The number of rotatable bonds is 12. The van der Waals surface area contributed by atoms with E-state index in [4.69, 9.17) is 8.92 Å².